The van der Waals surface area contributed by atoms with Crippen LogP contribution in [-0.2, 0) is 11.2 Å². The molecule has 1 aromatic carbocycles. The summed E-state index contributed by atoms with van der Waals surface area (Å²) in [5, 5.41) is 12.0. The lowest BCUT2D eigenvalue weighted by atomic mass is 9.98. The molecule has 6 nitrogen and oxygen atoms in total. The molecule has 0 spiro atoms. The molecule has 0 saturated heterocycles. The van der Waals surface area contributed by atoms with Crippen LogP contribution in [0.4, 0.5) is 15.3 Å². The van der Waals surface area contributed by atoms with Gasteiger partial charge in [-0.3, -0.25) is 4.90 Å². The summed E-state index contributed by atoms with van der Waals surface area (Å²) < 4.78 is 5.21. The molecule has 0 aromatic heterocycles. The van der Waals surface area contributed by atoms with Crippen LogP contribution in [0.15, 0.2) is 24.3 Å². The molecule has 6 heteroatoms. The molecule has 21 heavy (non-hydrogen) atoms. The molecule has 1 heterocycles. The highest BCUT2D eigenvalue weighted by Crippen LogP contribution is 2.27. The SMILES string of the molecule is CC(C)(C)OC(=O)NC1Cc2ccccc2N(C(=O)O)C1. The molecule has 1 aromatic rings. The standard InChI is InChI=1S/C15H20N2O4/c1-15(2,3)21-13(18)16-11-8-10-6-4-5-7-12(10)17(9-11)14(19)20/h4-7,11H,8-9H2,1-3H3,(H,16,18)(H,19,20). The molecule has 0 fully saturated rings. The molecule has 0 saturated carbocycles. The van der Waals surface area contributed by atoms with Gasteiger partial charge in [-0.15, -0.1) is 0 Å². The second-order valence-corrected chi connectivity index (χ2v) is 6.07. The van der Waals surface area contributed by atoms with Crippen LogP contribution in [0.1, 0.15) is 26.3 Å². The minimum Gasteiger partial charge on any atom is -0.465 e. The Bertz CT molecular complexity index is 551. The number of carbonyl (C=O) groups excluding carboxylic acids is 1. The smallest absolute Gasteiger partial charge is 0.411 e. The Hall–Kier alpha value is -2.24. The van der Waals surface area contributed by atoms with E-state index in [2.05, 4.69) is 5.32 Å². The van der Waals surface area contributed by atoms with Gasteiger partial charge in [-0.25, -0.2) is 9.59 Å². The van der Waals surface area contributed by atoms with Gasteiger partial charge in [-0.1, -0.05) is 18.2 Å². The van der Waals surface area contributed by atoms with Crippen LogP contribution in [0.5, 0.6) is 0 Å². The molecule has 2 N–H and O–H groups in total. The summed E-state index contributed by atoms with van der Waals surface area (Å²) >= 11 is 0. The first-order chi connectivity index (χ1) is 9.76. The molecule has 1 unspecified atom stereocenters. The third kappa shape index (κ3) is 3.87. The van der Waals surface area contributed by atoms with Crippen LogP contribution in [0.25, 0.3) is 0 Å². The summed E-state index contributed by atoms with van der Waals surface area (Å²) in [5.74, 6) is 0. The first kappa shape index (κ1) is 15.2. The zero-order valence-corrected chi connectivity index (χ0v) is 12.4. The molecule has 1 atom stereocenters. The Labute approximate surface area is 123 Å². The van der Waals surface area contributed by atoms with E-state index in [1.54, 1.807) is 32.9 Å². The Morgan fingerprint density at radius 1 is 1.33 bits per heavy atom. The normalized spacial score (nSPS) is 17.9. The van der Waals surface area contributed by atoms with Crippen LogP contribution in [0.3, 0.4) is 0 Å². The first-order valence-electron chi connectivity index (χ1n) is 6.84. The maximum Gasteiger partial charge on any atom is 0.411 e. The summed E-state index contributed by atoms with van der Waals surface area (Å²) in [7, 11) is 0. The second-order valence-electron chi connectivity index (χ2n) is 6.07. The van der Waals surface area contributed by atoms with Gasteiger partial charge < -0.3 is 15.2 Å². The van der Waals surface area contributed by atoms with Crippen LogP contribution < -0.4 is 10.2 Å². The van der Waals surface area contributed by atoms with Crippen molar-refractivity contribution in [2.24, 2.45) is 0 Å². The number of nitrogens with zero attached hydrogens (tertiary/aromatic N) is 1. The molecule has 0 bridgehead atoms. The second kappa shape index (κ2) is 5.63. The third-order valence-electron chi connectivity index (χ3n) is 3.10. The molecule has 2 rings (SSSR count). The minimum atomic E-state index is -1.03. The molecule has 0 aliphatic carbocycles. The zero-order valence-electron chi connectivity index (χ0n) is 12.4. The van der Waals surface area contributed by atoms with Crippen molar-refractivity contribution in [3.8, 4) is 0 Å². The van der Waals surface area contributed by atoms with Crippen molar-refractivity contribution in [2.75, 3.05) is 11.4 Å². The molecule has 1 aliphatic rings. The van der Waals surface area contributed by atoms with Crippen LogP contribution in [0, 0.1) is 0 Å². The predicted molar refractivity (Wildman–Crippen MR) is 78.7 cm³/mol. The van der Waals surface area contributed by atoms with Gasteiger partial charge >= 0.3 is 12.2 Å². The predicted octanol–water partition coefficient (Wildman–Crippen LogP) is 2.62. The first-order valence-corrected chi connectivity index (χ1v) is 6.84. The van der Waals surface area contributed by atoms with E-state index in [1.165, 1.54) is 4.90 Å². The molecule has 114 valence electrons. The fourth-order valence-corrected chi connectivity index (χ4v) is 2.35. The van der Waals surface area contributed by atoms with Crippen molar-refractivity contribution in [3.05, 3.63) is 29.8 Å². The number of para-hydroxylation sites is 1. The van der Waals surface area contributed by atoms with Crippen LogP contribution >= 0.6 is 0 Å². The third-order valence-corrected chi connectivity index (χ3v) is 3.10. The van der Waals surface area contributed by atoms with Gasteiger partial charge in [0.2, 0.25) is 0 Å². The van der Waals surface area contributed by atoms with Crippen molar-refractivity contribution in [1.29, 1.82) is 0 Å². The summed E-state index contributed by atoms with van der Waals surface area (Å²) in [4.78, 5) is 24.4. The summed E-state index contributed by atoms with van der Waals surface area (Å²) in [6.07, 6.45) is -0.977. The number of carbonyl (C=O) groups is 2. The number of rotatable bonds is 1. The van der Waals surface area contributed by atoms with E-state index in [-0.39, 0.29) is 12.6 Å². The van der Waals surface area contributed by atoms with Gasteiger partial charge in [0.25, 0.3) is 0 Å². The van der Waals surface area contributed by atoms with Gasteiger partial charge in [0, 0.05) is 6.54 Å². The highest BCUT2D eigenvalue weighted by molar-refractivity contribution is 5.88. The lowest BCUT2D eigenvalue weighted by molar-refractivity contribution is 0.0504. The van der Waals surface area contributed by atoms with E-state index < -0.39 is 17.8 Å². The Balaban J connectivity index is 2.11. The van der Waals surface area contributed by atoms with E-state index in [0.29, 0.717) is 12.1 Å². The van der Waals surface area contributed by atoms with Crippen LogP contribution in [-0.4, -0.2) is 35.5 Å². The Kier molecular flexibility index (Phi) is 4.06. The van der Waals surface area contributed by atoms with E-state index in [1.807, 2.05) is 12.1 Å². The van der Waals surface area contributed by atoms with Crippen molar-refractivity contribution in [3.63, 3.8) is 0 Å². The zero-order chi connectivity index (χ0) is 15.6. The number of nitrogens with one attached hydrogen (secondary N) is 1. The number of carboxylic acid groups (broad SMARTS) is 1. The molecule has 0 radical (unpaired) electrons. The number of hydrogen-bond donors (Lipinski definition) is 2. The summed E-state index contributed by atoms with van der Waals surface area (Å²) in [6, 6.07) is 7.00. The van der Waals surface area contributed by atoms with Crippen molar-refractivity contribution in [1.82, 2.24) is 5.32 Å². The van der Waals surface area contributed by atoms with Gasteiger partial charge in [0.15, 0.2) is 0 Å². The molecule has 2 amide bonds. The Morgan fingerprint density at radius 2 is 2.00 bits per heavy atom. The monoisotopic (exact) mass is 292 g/mol. The maximum atomic E-state index is 11.8. The number of hydrogen-bond acceptors (Lipinski definition) is 3. The summed E-state index contributed by atoms with van der Waals surface area (Å²) in [6.45, 7) is 5.57. The highest BCUT2D eigenvalue weighted by Gasteiger charge is 2.30. The average Bonchev–Trinajstić information content (AvgIpc) is 2.35. The fraction of sp³-hybridized carbons (Fsp3) is 0.467. The van der Waals surface area contributed by atoms with Crippen molar-refractivity contribution < 1.29 is 19.4 Å². The number of fused-ring (bicyclic) bond motifs is 1. The molecule has 1 aliphatic heterocycles. The van der Waals surface area contributed by atoms with E-state index in [4.69, 9.17) is 4.74 Å². The molecular formula is C15H20N2O4. The lowest BCUT2D eigenvalue weighted by Crippen LogP contribution is -2.50. The van der Waals surface area contributed by atoms with Crippen molar-refractivity contribution >= 4 is 17.9 Å². The quantitative estimate of drug-likeness (QED) is 0.834. The number of benzene rings is 1. The highest BCUT2D eigenvalue weighted by atomic mass is 16.6. The van der Waals surface area contributed by atoms with E-state index in [0.717, 1.165) is 5.56 Å². The number of alkyl carbamates (subject to hydrolysis) is 1. The van der Waals surface area contributed by atoms with Gasteiger partial charge in [0.1, 0.15) is 5.60 Å². The summed E-state index contributed by atoms with van der Waals surface area (Å²) in [5.41, 5.74) is 0.989. The van der Waals surface area contributed by atoms with Gasteiger partial charge in [0.05, 0.1) is 11.7 Å². The fourth-order valence-electron chi connectivity index (χ4n) is 2.35. The maximum absolute atomic E-state index is 11.8. The van der Waals surface area contributed by atoms with Gasteiger partial charge in [-0.05, 0) is 38.8 Å². The van der Waals surface area contributed by atoms with E-state index >= 15 is 0 Å². The number of anilines is 1. The minimum absolute atomic E-state index is 0.214. The largest absolute Gasteiger partial charge is 0.465 e. The average molecular weight is 292 g/mol. The Morgan fingerprint density at radius 3 is 2.62 bits per heavy atom. The number of ether oxygens (including phenoxy) is 1. The number of amides is 2. The lowest BCUT2D eigenvalue weighted by Gasteiger charge is -2.33. The molecular weight excluding hydrogens is 272 g/mol. The van der Waals surface area contributed by atoms with Crippen LogP contribution in [0.2, 0.25) is 0 Å². The van der Waals surface area contributed by atoms with Crippen molar-refractivity contribution in [2.45, 2.75) is 38.8 Å². The van der Waals surface area contributed by atoms with E-state index in [9.17, 15) is 14.7 Å². The van der Waals surface area contributed by atoms with Gasteiger partial charge in [-0.2, -0.15) is 0 Å². The topological polar surface area (TPSA) is 78.9 Å².